The van der Waals surface area contributed by atoms with E-state index in [9.17, 15) is 9.90 Å². The highest BCUT2D eigenvalue weighted by Gasteiger charge is 2.28. The second-order valence-corrected chi connectivity index (χ2v) is 7.25. The molecule has 3 atom stereocenters. The second kappa shape index (κ2) is 10.1. The zero-order valence-corrected chi connectivity index (χ0v) is 16.1. The standard InChI is InChI=1S/C23H31NO2/c1-4-18(2)15-22(16-23(25)26)24(17-20-11-7-5-8-12-20)19(3)21-13-9-6-10-14-21/h5-14,18-19,22H,4,15-17H2,1-3H3,(H,25,26)/t18-,19?,22+/m1/s1. The van der Waals surface area contributed by atoms with E-state index >= 15 is 0 Å². The molecular formula is C23H31NO2. The molecule has 1 N–H and O–H groups in total. The molecule has 0 bridgehead atoms. The minimum Gasteiger partial charge on any atom is -0.481 e. The van der Waals surface area contributed by atoms with Crippen molar-refractivity contribution < 1.29 is 9.90 Å². The van der Waals surface area contributed by atoms with E-state index in [1.54, 1.807) is 0 Å². The van der Waals surface area contributed by atoms with Crippen molar-refractivity contribution in [2.24, 2.45) is 5.92 Å². The van der Waals surface area contributed by atoms with E-state index in [0.29, 0.717) is 5.92 Å². The summed E-state index contributed by atoms with van der Waals surface area (Å²) in [7, 11) is 0. The van der Waals surface area contributed by atoms with Gasteiger partial charge in [-0.25, -0.2) is 0 Å². The molecule has 26 heavy (non-hydrogen) atoms. The summed E-state index contributed by atoms with van der Waals surface area (Å²) in [4.78, 5) is 13.9. The number of benzene rings is 2. The van der Waals surface area contributed by atoms with Gasteiger partial charge in [0.15, 0.2) is 0 Å². The Kier molecular flexibility index (Phi) is 7.86. The largest absolute Gasteiger partial charge is 0.481 e. The minimum atomic E-state index is -0.725. The van der Waals surface area contributed by atoms with Gasteiger partial charge in [0.05, 0.1) is 6.42 Å². The molecule has 2 rings (SSSR count). The fraction of sp³-hybridized carbons (Fsp3) is 0.435. The lowest BCUT2D eigenvalue weighted by Crippen LogP contribution is -2.39. The highest BCUT2D eigenvalue weighted by Crippen LogP contribution is 2.29. The predicted molar refractivity (Wildman–Crippen MR) is 107 cm³/mol. The van der Waals surface area contributed by atoms with Crippen LogP contribution in [0.4, 0.5) is 0 Å². The molecule has 0 aliphatic carbocycles. The van der Waals surface area contributed by atoms with Crippen LogP contribution in [0.2, 0.25) is 0 Å². The van der Waals surface area contributed by atoms with E-state index in [1.165, 1.54) is 11.1 Å². The van der Waals surface area contributed by atoms with Gasteiger partial charge < -0.3 is 5.11 Å². The molecule has 3 nitrogen and oxygen atoms in total. The molecule has 2 aromatic carbocycles. The van der Waals surface area contributed by atoms with Crippen molar-refractivity contribution in [1.29, 1.82) is 0 Å². The van der Waals surface area contributed by atoms with Gasteiger partial charge in [-0.1, -0.05) is 80.9 Å². The van der Waals surface area contributed by atoms with E-state index in [4.69, 9.17) is 0 Å². The van der Waals surface area contributed by atoms with Crippen molar-refractivity contribution in [3.05, 3.63) is 71.8 Å². The van der Waals surface area contributed by atoms with Gasteiger partial charge in [0, 0.05) is 18.6 Å². The van der Waals surface area contributed by atoms with Crippen LogP contribution in [-0.4, -0.2) is 22.0 Å². The van der Waals surface area contributed by atoms with E-state index in [1.807, 2.05) is 36.4 Å². The number of carboxylic acid groups (broad SMARTS) is 1. The summed E-state index contributed by atoms with van der Waals surface area (Å²) < 4.78 is 0. The fourth-order valence-electron chi connectivity index (χ4n) is 3.47. The number of carbonyl (C=O) groups is 1. The Morgan fingerprint density at radius 1 is 1.00 bits per heavy atom. The maximum absolute atomic E-state index is 11.6. The van der Waals surface area contributed by atoms with Gasteiger partial charge >= 0.3 is 5.97 Å². The van der Waals surface area contributed by atoms with Crippen molar-refractivity contribution >= 4 is 5.97 Å². The van der Waals surface area contributed by atoms with Crippen molar-refractivity contribution in [3.63, 3.8) is 0 Å². The minimum absolute atomic E-state index is 0.0119. The first-order chi connectivity index (χ1) is 12.5. The van der Waals surface area contributed by atoms with Crippen molar-refractivity contribution in [3.8, 4) is 0 Å². The van der Waals surface area contributed by atoms with Crippen LogP contribution in [0.25, 0.3) is 0 Å². The molecule has 0 amide bonds. The normalized spacial score (nSPS) is 14.8. The van der Waals surface area contributed by atoms with Crippen LogP contribution in [0.5, 0.6) is 0 Å². The summed E-state index contributed by atoms with van der Waals surface area (Å²) in [5, 5.41) is 9.51. The van der Waals surface area contributed by atoms with Crippen LogP contribution < -0.4 is 0 Å². The molecular weight excluding hydrogens is 322 g/mol. The molecule has 0 heterocycles. The third-order valence-electron chi connectivity index (χ3n) is 5.24. The summed E-state index contributed by atoms with van der Waals surface area (Å²) in [5.41, 5.74) is 2.44. The van der Waals surface area contributed by atoms with Crippen molar-refractivity contribution in [1.82, 2.24) is 4.90 Å². The van der Waals surface area contributed by atoms with E-state index in [2.05, 4.69) is 49.9 Å². The summed E-state index contributed by atoms with van der Waals surface area (Å²) in [6.07, 6.45) is 2.14. The number of hydrogen-bond donors (Lipinski definition) is 1. The van der Waals surface area contributed by atoms with Gasteiger partial charge in [-0.05, 0) is 30.4 Å². The summed E-state index contributed by atoms with van der Waals surface area (Å²) >= 11 is 0. The Hall–Kier alpha value is -2.13. The summed E-state index contributed by atoms with van der Waals surface area (Å²) in [6, 6.07) is 20.9. The van der Waals surface area contributed by atoms with Crippen molar-refractivity contribution in [2.75, 3.05) is 0 Å². The lowest BCUT2D eigenvalue weighted by atomic mass is 9.93. The number of hydrogen-bond acceptors (Lipinski definition) is 2. The zero-order valence-electron chi connectivity index (χ0n) is 16.1. The Labute approximate surface area is 157 Å². The van der Waals surface area contributed by atoms with Crippen LogP contribution >= 0.6 is 0 Å². The van der Waals surface area contributed by atoms with Gasteiger partial charge in [0.2, 0.25) is 0 Å². The second-order valence-electron chi connectivity index (χ2n) is 7.25. The quantitative estimate of drug-likeness (QED) is 0.610. The summed E-state index contributed by atoms with van der Waals surface area (Å²) in [6.45, 7) is 7.32. The zero-order chi connectivity index (χ0) is 18.9. The predicted octanol–water partition coefficient (Wildman–Crippen LogP) is 5.53. The van der Waals surface area contributed by atoms with Crippen LogP contribution in [0.15, 0.2) is 60.7 Å². The monoisotopic (exact) mass is 353 g/mol. The topological polar surface area (TPSA) is 40.5 Å². The molecule has 3 heteroatoms. The number of aliphatic carboxylic acids is 1. The molecule has 2 aromatic rings. The van der Waals surface area contributed by atoms with E-state index < -0.39 is 5.97 Å². The number of rotatable bonds is 10. The summed E-state index contributed by atoms with van der Waals surface area (Å²) in [5.74, 6) is -0.225. The molecule has 140 valence electrons. The Morgan fingerprint density at radius 2 is 1.58 bits per heavy atom. The maximum atomic E-state index is 11.6. The lowest BCUT2D eigenvalue weighted by Gasteiger charge is -2.37. The molecule has 0 aliphatic heterocycles. The molecule has 0 fully saturated rings. The first kappa shape index (κ1) is 20.2. The molecule has 1 unspecified atom stereocenters. The third kappa shape index (κ3) is 5.99. The molecule has 0 saturated carbocycles. The van der Waals surface area contributed by atoms with Gasteiger partial charge in [-0.2, -0.15) is 0 Å². The molecule has 0 radical (unpaired) electrons. The number of nitrogens with zero attached hydrogens (tertiary/aromatic N) is 1. The molecule has 0 saturated heterocycles. The smallest absolute Gasteiger partial charge is 0.304 e. The Balaban J connectivity index is 2.33. The first-order valence-corrected chi connectivity index (χ1v) is 9.57. The Bertz CT molecular complexity index is 656. The van der Waals surface area contributed by atoms with Crippen molar-refractivity contribution in [2.45, 2.75) is 58.7 Å². The average molecular weight is 354 g/mol. The SMILES string of the molecule is CC[C@@H](C)C[C@@H](CC(=O)O)N(Cc1ccccc1)C(C)c1ccccc1. The fourth-order valence-corrected chi connectivity index (χ4v) is 3.47. The highest BCUT2D eigenvalue weighted by molar-refractivity contribution is 5.67. The van der Waals surface area contributed by atoms with E-state index in [-0.39, 0.29) is 18.5 Å². The molecule has 0 aromatic heterocycles. The first-order valence-electron chi connectivity index (χ1n) is 9.57. The van der Waals surface area contributed by atoms with Crippen LogP contribution in [0, 0.1) is 5.92 Å². The average Bonchev–Trinajstić information content (AvgIpc) is 2.66. The van der Waals surface area contributed by atoms with Crippen LogP contribution in [0.1, 0.15) is 57.2 Å². The maximum Gasteiger partial charge on any atom is 0.304 e. The van der Waals surface area contributed by atoms with Gasteiger partial charge in [0.25, 0.3) is 0 Å². The number of carboxylic acids is 1. The van der Waals surface area contributed by atoms with Crippen LogP contribution in [0.3, 0.4) is 0 Å². The highest BCUT2D eigenvalue weighted by atomic mass is 16.4. The lowest BCUT2D eigenvalue weighted by molar-refractivity contribution is -0.139. The third-order valence-corrected chi connectivity index (χ3v) is 5.24. The molecule has 0 spiro atoms. The van der Waals surface area contributed by atoms with Gasteiger partial charge in [0.1, 0.15) is 0 Å². The van der Waals surface area contributed by atoms with Gasteiger partial charge in [-0.15, -0.1) is 0 Å². The van der Waals surface area contributed by atoms with E-state index in [0.717, 1.165) is 19.4 Å². The Morgan fingerprint density at radius 3 is 2.12 bits per heavy atom. The van der Waals surface area contributed by atoms with Gasteiger partial charge in [-0.3, -0.25) is 9.69 Å². The van der Waals surface area contributed by atoms with Crippen LogP contribution in [-0.2, 0) is 11.3 Å². The molecule has 0 aliphatic rings.